The van der Waals surface area contributed by atoms with Gasteiger partial charge in [0, 0.05) is 31.0 Å². The van der Waals surface area contributed by atoms with E-state index in [1.54, 1.807) is 18.2 Å². The van der Waals surface area contributed by atoms with Gasteiger partial charge in [0.1, 0.15) is 6.04 Å². The van der Waals surface area contributed by atoms with Crippen molar-refractivity contribution >= 4 is 46.8 Å². The number of carboxylic acids is 1. The second-order valence-electron chi connectivity index (χ2n) is 6.99. The second-order valence-corrected chi connectivity index (χ2v) is 7.80. The van der Waals surface area contributed by atoms with Crippen LogP contribution in [0.1, 0.15) is 35.2 Å². The van der Waals surface area contributed by atoms with Gasteiger partial charge in [-0.3, -0.25) is 24.6 Å². The van der Waals surface area contributed by atoms with Gasteiger partial charge in [0.05, 0.1) is 16.5 Å². The van der Waals surface area contributed by atoms with Crippen LogP contribution in [-0.2, 0) is 16.1 Å². The molecule has 0 radical (unpaired) electrons. The zero-order valence-electron chi connectivity index (χ0n) is 17.6. The summed E-state index contributed by atoms with van der Waals surface area (Å²) >= 11 is 12.0. The first-order chi connectivity index (χ1) is 15.7. The number of aliphatic imine (C=N–C) groups is 1. The molecule has 2 aromatic rings. The van der Waals surface area contributed by atoms with Gasteiger partial charge in [-0.25, -0.2) is 10.2 Å². The van der Waals surface area contributed by atoms with Gasteiger partial charge in [0.25, 0.3) is 0 Å². The predicted octanol–water partition coefficient (Wildman–Crippen LogP) is 2.00. The van der Waals surface area contributed by atoms with Gasteiger partial charge in [-0.2, -0.15) is 0 Å². The molecule has 12 heteroatoms. The average molecular weight is 495 g/mol. The number of guanidine groups is 1. The predicted molar refractivity (Wildman–Crippen MR) is 125 cm³/mol. The van der Waals surface area contributed by atoms with Crippen LogP contribution >= 0.6 is 23.2 Å². The number of Topliss-reactive ketones (excluding diaryl/α,β-unsaturated/α-hetero) is 1. The highest BCUT2D eigenvalue weighted by molar-refractivity contribution is 6.42. The summed E-state index contributed by atoms with van der Waals surface area (Å²) < 4.78 is 0. The normalized spacial score (nSPS) is 11.5. The molecule has 0 aliphatic rings. The third-order valence-electron chi connectivity index (χ3n) is 4.55. The Morgan fingerprint density at radius 3 is 2.42 bits per heavy atom. The van der Waals surface area contributed by atoms with Gasteiger partial charge < -0.3 is 16.6 Å². The number of carboxylic acid groups (broad SMARTS) is 1. The first kappa shape index (κ1) is 26.0. The summed E-state index contributed by atoms with van der Waals surface area (Å²) in [4.78, 5) is 45.2. The third kappa shape index (κ3) is 8.33. The number of nitrogens with one attached hydrogen (secondary N) is 1. The first-order valence-corrected chi connectivity index (χ1v) is 10.7. The summed E-state index contributed by atoms with van der Waals surface area (Å²) in [6.07, 6.45) is 2.68. The highest BCUT2D eigenvalue weighted by atomic mass is 35.5. The quantitative estimate of drug-likeness (QED) is 0.0867. The number of benzene rings is 1. The molecule has 0 spiro atoms. The lowest BCUT2D eigenvalue weighted by Crippen LogP contribution is -2.53. The van der Waals surface area contributed by atoms with Crippen molar-refractivity contribution in [2.45, 2.75) is 31.8 Å². The van der Waals surface area contributed by atoms with Crippen molar-refractivity contribution in [3.05, 3.63) is 63.9 Å². The maximum atomic E-state index is 13.0. The van der Waals surface area contributed by atoms with E-state index in [-0.39, 0.29) is 25.5 Å². The molecule has 0 saturated heterocycles. The summed E-state index contributed by atoms with van der Waals surface area (Å²) in [6, 6.07) is 6.56. The van der Waals surface area contributed by atoms with Crippen molar-refractivity contribution < 1.29 is 19.5 Å². The minimum atomic E-state index is -1.26. The molecular formula is C21H24Cl2N6O4. The average Bonchev–Trinajstić information content (AvgIpc) is 2.77. The Morgan fingerprint density at radius 2 is 1.82 bits per heavy atom. The van der Waals surface area contributed by atoms with Crippen molar-refractivity contribution in [3.63, 3.8) is 0 Å². The molecular weight excluding hydrogens is 471 g/mol. The Bertz CT molecular complexity index is 1020. The fourth-order valence-electron chi connectivity index (χ4n) is 2.92. The Morgan fingerprint density at radius 1 is 1.12 bits per heavy atom. The van der Waals surface area contributed by atoms with Gasteiger partial charge in [-0.15, -0.1) is 0 Å². The van der Waals surface area contributed by atoms with Crippen molar-refractivity contribution in [2.75, 3.05) is 6.54 Å². The molecule has 1 amide bonds. The fraction of sp³-hybridized carbons (Fsp3) is 0.286. The number of hydrogen-bond acceptors (Lipinski definition) is 6. The number of pyridine rings is 1. The van der Waals surface area contributed by atoms with Crippen molar-refractivity contribution in [2.24, 2.45) is 16.5 Å². The molecule has 1 atom stereocenters. The third-order valence-corrected chi connectivity index (χ3v) is 5.29. The molecule has 2 rings (SSSR count). The van der Waals surface area contributed by atoms with E-state index in [1.807, 2.05) is 0 Å². The van der Waals surface area contributed by atoms with E-state index in [4.69, 9.17) is 34.7 Å². The number of carbonyl (C=O) groups is 3. The van der Waals surface area contributed by atoms with Crippen LogP contribution in [0, 0.1) is 0 Å². The van der Waals surface area contributed by atoms with Gasteiger partial charge in [-0.1, -0.05) is 29.3 Å². The van der Waals surface area contributed by atoms with E-state index in [0.29, 0.717) is 27.6 Å². The van der Waals surface area contributed by atoms with E-state index in [9.17, 15) is 19.5 Å². The van der Waals surface area contributed by atoms with Crippen LogP contribution in [-0.4, -0.2) is 51.3 Å². The number of rotatable bonds is 12. The Kier molecular flexibility index (Phi) is 10.0. The number of halogens is 2. The van der Waals surface area contributed by atoms with Crippen molar-refractivity contribution in [1.29, 1.82) is 0 Å². The van der Waals surface area contributed by atoms with E-state index in [1.165, 1.54) is 24.5 Å². The molecule has 176 valence electrons. The Hall–Kier alpha value is -3.21. The monoisotopic (exact) mass is 494 g/mol. The van der Waals surface area contributed by atoms with Crippen LogP contribution in [0.2, 0.25) is 10.0 Å². The molecule has 0 unspecified atom stereocenters. The number of carbonyl (C=O) groups excluding carboxylic acids is 2. The maximum absolute atomic E-state index is 13.0. The van der Waals surface area contributed by atoms with Crippen molar-refractivity contribution in [1.82, 2.24) is 15.4 Å². The zero-order valence-corrected chi connectivity index (χ0v) is 19.1. The SMILES string of the molecule is NC(N)=NCCC[C@@H](C(=O)O)N(NCc1ccc(Cl)c(Cl)c1)C(=O)CC(=O)c1ccncc1. The number of aromatic nitrogens is 1. The van der Waals surface area contributed by atoms with E-state index in [2.05, 4.69) is 15.4 Å². The molecule has 33 heavy (non-hydrogen) atoms. The summed E-state index contributed by atoms with van der Waals surface area (Å²) in [5.74, 6) is -2.53. The first-order valence-electron chi connectivity index (χ1n) is 9.90. The van der Waals surface area contributed by atoms with E-state index >= 15 is 0 Å². The molecule has 0 aliphatic carbocycles. The number of aliphatic carboxylic acids is 1. The number of hydrogen-bond donors (Lipinski definition) is 4. The number of amides is 1. The summed E-state index contributed by atoms with van der Waals surface area (Å²) in [5, 5.41) is 11.4. The number of hydrazine groups is 1. The van der Waals surface area contributed by atoms with Crippen LogP contribution in [0.5, 0.6) is 0 Å². The van der Waals surface area contributed by atoms with Crippen LogP contribution < -0.4 is 16.9 Å². The van der Waals surface area contributed by atoms with Crippen LogP contribution in [0.4, 0.5) is 0 Å². The number of nitrogens with zero attached hydrogens (tertiary/aromatic N) is 3. The van der Waals surface area contributed by atoms with Gasteiger partial charge in [0.15, 0.2) is 11.7 Å². The lowest BCUT2D eigenvalue weighted by atomic mass is 10.1. The molecule has 6 N–H and O–H groups in total. The van der Waals surface area contributed by atoms with Crippen LogP contribution in [0.3, 0.4) is 0 Å². The Balaban J connectivity index is 2.20. The molecule has 0 saturated carbocycles. The molecule has 1 heterocycles. The fourth-order valence-corrected chi connectivity index (χ4v) is 3.24. The van der Waals surface area contributed by atoms with Gasteiger partial charge in [-0.05, 0) is 42.7 Å². The molecule has 0 aliphatic heterocycles. The lowest BCUT2D eigenvalue weighted by molar-refractivity contribution is -0.153. The van der Waals surface area contributed by atoms with Crippen LogP contribution in [0.15, 0.2) is 47.7 Å². The smallest absolute Gasteiger partial charge is 0.328 e. The molecule has 0 fully saturated rings. The highest BCUT2D eigenvalue weighted by Crippen LogP contribution is 2.22. The second kappa shape index (κ2) is 12.7. The lowest BCUT2D eigenvalue weighted by Gasteiger charge is -2.29. The van der Waals surface area contributed by atoms with Gasteiger partial charge in [0.2, 0.25) is 5.91 Å². The topological polar surface area (TPSA) is 164 Å². The molecule has 0 bridgehead atoms. The minimum absolute atomic E-state index is 0.0513. The highest BCUT2D eigenvalue weighted by Gasteiger charge is 2.30. The molecule has 10 nitrogen and oxygen atoms in total. The largest absolute Gasteiger partial charge is 0.480 e. The van der Waals surface area contributed by atoms with Crippen molar-refractivity contribution in [3.8, 4) is 0 Å². The van der Waals surface area contributed by atoms with Crippen LogP contribution in [0.25, 0.3) is 0 Å². The molecule has 1 aromatic heterocycles. The summed E-state index contributed by atoms with van der Waals surface area (Å²) in [7, 11) is 0. The van der Waals surface area contributed by atoms with E-state index < -0.39 is 30.1 Å². The molecule has 1 aromatic carbocycles. The summed E-state index contributed by atoms with van der Waals surface area (Å²) in [6.45, 7) is 0.265. The zero-order chi connectivity index (χ0) is 24.4. The summed E-state index contributed by atoms with van der Waals surface area (Å²) in [5.41, 5.74) is 14.4. The number of ketones is 1. The van der Waals surface area contributed by atoms with E-state index in [0.717, 1.165) is 5.01 Å². The Labute approximate surface area is 200 Å². The minimum Gasteiger partial charge on any atom is -0.480 e. The maximum Gasteiger partial charge on any atom is 0.328 e. The number of nitrogens with two attached hydrogens (primary N) is 2. The standard InChI is InChI=1S/C21H24Cl2N6O4/c22-15-4-3-13(10-16(15)23)12-28-29(17(20(32)33)2-1-7-27-21(24)25)19(31)11-18(30)14-5-8-26-9-6-14/h3-6,8-10,17,28H,1-2,7,11-12H2,(H,32,33)(H4,24,25,27)/t17-/m0/s1. The van der Waals surface area contributed by atoms with Gasteiger partial charge >= 0.3 is 5.97 Å².